The summed E-state index contributed by atoms with van der Waals surface area (Å²) in [5, 5.41) is 4.20. The predicted molar refractivity (Wildman–Crippen MR) is 226 cm³/mol. The third-order valence-electron chi connectivity index (χ3n) is 9.66. The molecule has 6 aromatic carbocycles. The quantitative estimate of drug-likeness (QED) is 0.0859. The molecular weight excluding hydrogens is 773 g/mol. The van der Waals surface area contributed by atoms with Crippen molar-refractivity contribution >= 4 is 40.5 Å². The summed E-state index contributed by atoms with van der Waals surface area (Å²) in [6.07, 6.45) is -4.30. The fraction of sp³-hybridized carbons (Fsp3) is 0.229. The van der Waals surface area contributed by atoms with Crippen molar-refractivity contribution in [2.75, 3.05) is 11.9 Å². The zero-order chi connectivity index (χ0) is 39.9. The smallest absolute Gasteiger partial charge is 0.312 e. The van der Waals surface area contributed by atoms with Crippen LogP contribution >= 0.6 is 23.2 Å². The molecule has 0 radical (unpaired) electrons. The minimum atomic E-state index is -1.18. The van der Waals surface area contributed by atoms with Crippen LogP contribution in [0.4, 0.5) is 11.4 Å². The Morgan fingerprint density at radius 3 is 1.55 bits per heavy atom. The fourth-order valence-electron chi connectivity index (χ4n) is 6.72. The number of ether oxygens (including phenoxy) is 6. The number of benzene rings is 6. The van der Waals surface area contributed by atoms with Gasteiger partial charge in [-0.2, -0.15) is 0 Å². The lowest BCUT2D eigenvalue weighted by atomic mass is 9.97. The fourth-order valence-corrected chi connectivity index (χ4v) is 7.21. The van der Waals surface area contributed by atoms with E-state index in [-0.39, 0.29) is 32.8 Å². The van der Waals surface area contributed by atoms with Crippen molar-refractivity contribution in [1.82, 2.24) is 0 Å². The second-order valence-electron chi connectivity index (χ2n) is 13.9. The summed E-state index contributed by atoms with van der Waals surface area (Å²) in [6.45, 7) is 1.22. The lowest BCUT2D eigenvalue weighted by Gasteiger charge is -2.45. The van der Waals surface area contributed by atoms with Crippen molar-refractivity contribution in [2.24, 2.45) is 0 Å². The summed E-state index contributed by atoms with van der Waals surface area (Å²) in [5.41, 5.74) is 5.75. The molecule has 0 spiro atoms. The van der Waals surface area contributed by atoms with Gasteiger partial charge in [0.15, 0.2) is 0 Å². The number of nitrogens with one attached hydrogen (secondary N) is 1. The Kier molecular flexibility index (Phi) is 15.0. The zero-order valence-corrected chi connectivity index (χ0v) is 33.3. The molecule has 1 aliphatic rings. The topological polar surface area (TPSA) is 84.5 Å². The first-order valence-corrected chi connectivity index (χ1v) is 20.0. The van der Waals surface area contributed by atoms with E-state index in [1.807, 2.05) is 146 Å². The molecule has 1 N–H and O–H groups in total. The van der Waals surface area contributed by atoms with Crippen LogP contribution in [0.1, 0.15) is 27.8 Å². The van der Waals surface area contributed by atoms with Crippen molar-refractivity contribution in [1.29, 1.82) is 0 Å². The van der Waals surface area contributed by atoms with Gasteiger partial charge in [0.25, 0.3) is 0 Å². The molecule has 0 saturated carbocycles. The van der Waals surface area contributed by atoms with Gasteiger partial charge in [0.1, 0.15) is 24.4 Å². The normalized spacial score (nSPS) is 19.0. The number of halogens is 2. The van der Waals surface area contributed by atoms with Gasteiger partial charge in [0, 0.05) is 5.69 Å². The molecule has 7 rings (SSSR count). The molecule has 6 aromatic rings. The van der Waals surface area contributed by atoms with E-state index in [2.05, 4.69) is 5.32 Å². The van der Waals surface area contributed by atoms with Crippen molar-refractivity contribution in [3.05, 3.63) is 202 Å². The first kappa shape index (κ1) is 41.1. The maximum Gasteiger partial charge on any atom is 0.312 e. The van der Waals surface area contributed by atoms with E-state index in [0.29, 0.717) is 33.6 Å². The average Bonchev–Trinajstić information content (AvgIpc) is 3.25. The van der Waals surface area contributed by atoms with Crippen LogP contribution in [0.15, 0.2) is 164 Å². The number of anilines is 2. The van der Waals surface area contributed by atoms with Gasteiger partial charge in [-0.25, -0.2) is 0 Å². The van der Waals surface area contributed by atoms with Crippen LogP contribution < -0.4 is 5.32 Å². The highest BCUT2D eigenvalue weighted by molar-refractivity contribution is 6.39. The van der Waals surface area contributed by atoms with Gasteiger partial charge < -0.3 is 33.7 Å². The lowest BCUT2D eigenvalue weighted by Crippen LogP contribution is -2.62. The van der Waals surface area contributed by atoms with Crippen LogP contribution in [0.2, 0.25) is 10.0 Å². The Balaban J connectivity index is 1.19. The van der Waals surface area contributed by atoms with E-state index in [4.69, 9.17) is 51.6 Å². The average molecular weight is 819 g/mol. The molecule has 0 bridgehead atoms. The molecule has 10 heteroatoms. The molecule has 0 aliphatic carbocycles. The molecule has 0 unspecified atom stereocenters. The SMILES string of the molecule is O=C(Cc1ccccc1Nc1c(Cl)cccc1Cl)O[C@@H]1O[C@H](COCc2ccccc2)[C@@H](OCc2ccccc2)[C@H](OCc2ccccc2)[C@H]1OCc1ccccc1. The number of esters is 1. The summed E-state index contributed by atoms with van der Waals surface area (Å²) in [5.74, 6) is -0.535. The van der Waals surface area contributed by atoms with Gasteiger partial charge in [-0.1, -0.05) is 169 Å². The van der Waals surface area contributed by atoms with E-state index in [1.165, 1.54) is 0 Å². The Bertz CT molecular complexity index is 2140. The number of rotatable bonds is 18. The molecule has 1 saturated heterocycles. The molecule has 1 aliphatic heterocycles. The molecular formula is C48H45Cl2NO7. The van der Waals surface area contributed by atoms with Crippen LogP contribution in [0.3, 0.4) is 0 Å². The molecule has 58 heavy (non-hydrogen) atoms. The summed E-state index contributed by atoms with van der Waals surface area (Å²) in [7, 11) is 0. The molecule has 1 heterocycles. The van der Waals surface area contributed by atoms with E-state index in [1.54, 1.807) is 18.2 Å². The van der Waals surface area contributed by atoms with Gasteiger partial charge in [-0.15, -0.1) is 0 Å². The minimum Gasteiger partial charge on any atom is -0.432 e. The Morgan fingerprint density at radius 1 is 0.534 bits per heavy atom. The Labute approximate surface area is 349 Å². The third kappa shape index (κ3) is 11.6. The van der Waals surface area contributed by atoms with E-state index >= 15 is 0 Å². The minimum absolute atomic E-state index is 0.0881. The monoisotopic (exact) mass is 817 g/mol. The van der Waals surface area contributed by atoms with Crippen LogP contribution in [0.25, 0.3) is 0 Å². The Hall–Kier alpha value is -5.03. The van der Waals surface area contributed by atoms with E-state index in [0.717, 1.165) is 22.3 Å². The summed E-state index contributed by atoms with van der Waals surface area (Å²) in [6, 6.07) is 52.2. The van der Waals surface area contributed by atoms with Crippen molar-refractivity contribution in [2.45, 2.75) is 63.6 Å². The predicted octanol–water partition coefficient (Wildman–Crippen LogP) is 10.5. The molecule has 0 amide bonds. The highest BCUT2D eigenvalue weighted by Gasteiger charge is 2.50. The number of hydrogen-bond donors (Lipinski definition) is 1. The standard InChI is InChI=1S/C48H45Cl2NO7/c49-39-25-15-26-40(50)44(39)51-41-27-14-13-24-38(41)28-43(52)58-48-47(56-32-37-22-11-4-12-23-37)46(55-31-36-20-9-3-10-21-36)45(54-30-35-18-7-2-8-19-35)42(57-48)33-53-29-34-16-5-1-6-17-34/h1-27,42,45-48,51H,28-33H2/t42-,45-,46+,47-,48+/m1/s1. The van der Waals surface area contributed by atoms with Gasteiger partial charge in [0.05, 0.1) is 55.2 Å². The van der Waals surface area contributed by atoms with Gasteiger partial charge >= 0.3 is 5.97 Å². The molecule has 8 nitrogen and oxygen atoms in total. The summed E-state index contributed by atoms with van der Waals surface area (Å²) < 4.78 is 39.5. The largest absolute Gasteiger partial charge is 0.432 e. The van der Waals surface area contributed by atoms with Crippen LogP contribution in [0, 0.1) is 0 Å². The van der Waals surface area contributed by atoms with Crippen LogP contribution in [-0.4, -0.2) is 43.3 Å². The van der Waals surface area contributed by atoms with E-state index < -0.39 is 36.7 Å². The van der Waals surface area contributed by atoms with Gasteiger partial charge in [0.2, 0.25) is 6.29 Å². The maximum absolute atomic E-state index is 14.1. The second-order valence-corrected chi connectivity index (χ2v) is 14.7. The maximum atomic E-state index is 14.1. The Morgan fingerprint density at radius 2 is 1.00 bits per heavy atom. The highest BCUT2D eigenvalue weighted by atomic mass is 35.5. The molecule has 0 aromatic heterocycles. The van der Waals surface area contributed by atoms with Crippen molar-refractivity contribution in [3.8, 4) is 0 Å². The highest BCUT2D eigenvalue weighted by Crippen LogP contribution is 2.35. The summed E-state index contributed by atoms with van der Waals surface area (Å²) in [4.78, 5) is 14.1. The lowest BCUT2D eigenvalue weighted by molar-refractivity contribution is -0.320. The van der Waals surface area contributed by atoms with Crippen molar-refractivity contribution in [3.63, 3.8) is 0 Å². The van der Waals surface area contributed by atoms with E-state index in [9.17, 15) is 4.79 Å². The molecule has 1 fully saturated rings. The van der Waals surface area contributed by atoms with Gasteiger partial charge in [-0.05, 0) is 46.0 Å². The number of hydrogen-bond acceptors (Lipinski definition) is 8. The molecule has 5 atom stereocenters. The van der Waals surface area contributed by atoms with Crippen molar-refractivity contribution < 1.29 is 33.2 Å². The first-order chi connectivity index (χ1) is 28.5. The van der Waals surface area contributed by atoms with Crippen LogP contribution in [0.5, 0.6) is 0 Å². The molecule has 298 valence electrons. The number of carbonyl (C=O) groups is 1. The van der Waals surface area contributed by atoms with Gasteiger partial charge in [-0.3, -0.25) is 4.79 Å². The van der Waals surface area contributed by atoms with Crippen LogP contribution in [-0.2, 0) is 66.1 Å². The number of para-hydroxylation sites is 2. The summed E-state index contributed by atoms with van der Waals surface area (Å²) >= 11 is 13.0. The first-order valence-electron chi connectivity index (χ1n) is 19.2. The second kappa shape index (κ2) is 21.1. The zero-order valence-electron chi connectivity index (χ0n) is 31.8. The number of carbonyl (C=O) groups excluding carboxylic acids is 1. The third-order valence-corrected chi connectivity index (χ3v) is 10.3.